The maximum absolute atomic E-state index is 13.0. The fraction of sp³-hybridized carbons (Fsp3) is 0.118. The number of benzene rings is 2. The van der Waals surface area contributed by atoms with E-state index in [1.54, 1.807) is 0 Å². The van der Waals surface area contributed by atoms with E-state index in [2.05, 4.69) is 5.32 Å². The first-order valence-corrected chi connectivity index (χ1v) is 8.17. The van der Waals surface area contributed by atoms with Gasteiger partial charge in [0.05, 0.1) is 5.69 Å². The SMILES string of the molecule is O=C(C[C@H]1SC(=O)N(c2ccc(F)cc2)C1=O)Nc1ccc(F)cc1. The Morgan fingerprint density at radius 2 is 1.56 bits per heavy atom. The summed E-state index contributed by atoms with van der Waals surface area (Å²) in [6.07, 6.45) is -0.204. The second-order valence-electron chi connectivity index (χ2n) is 5.28. The van der Waals surface area contributed by atoms with Crippen LogP contribution in [0.15, 0.2) is 48.5 Å². The van der Waals surface area contributed by atoms with Crippen LogP contribution in [0.4, 0.5) is 25.0 Å². The highest BCUT2D eigenvalue weighted by molar-refractivity contribution is 8.15. The number of hydrogen-bond acceptors (Lipinski definition) is 4. The van der Waals surface area contributed by atoms with E-state index in [0.717, 1.165) is 28.8 Å². The number of halogens is 2. The monoisotopic (exact) mass is 362 g/mol. The molecule has 1 N–H and O–H groups in total. The number of carbonyl (C=O) groups excluding carboxylic acids is 3. The Labute approximate surface area is 146 Å². The molecule has 128 valence electrons. The van der Waals surface area contributed by atoms with E-state index in [1.165, 1.54) is 36.4 Å². The van der Waals surface area contributed by atoms with Crippen molar-refractivity contribution in [1.82, 2.24) is 0 Å². The van der Waals surface area contributed by atoms with Gasteiger partial charge in [-0.15, -0.1) is 0 Å². The minimum Gasteiger partial charge on any atom is -0.326 e. The number of imide groups is 1. The van der Waals surface area contributed by atoms with E-state index in [-0.39, 0.29) is 12.1 Å². The summed E-state index contributed by atoms with van der Waals surface area (Å²) in [5, 5.41) is 1.16. The molecule has 1 aliphatic rings. The highest BCUT2D eigenvalue weighted by Gasteiger charge is 2.41. The Morgan fingerprint density at radius 1 is 1.00 bits per heavy atom. The Bertz CT molecular complexity index is 825. The Balaban J connectivity index is 1.66. The summed E-state index contributed by atoms with van der Waals surface area (Å²) in [7, 11) is 0. The molecule has 0 aromatic heterocycles. The van der Waals surface area contributed by atoms with Crippen molar-refractivity contribution in [3.8, 4) is 0 Å². The molecular weight excluding hydrogens is 350 g/mol. The summed E-state index contributed by atoms with van der Waals surface area (Å²) in [6.45, 7) is 0. The van der Waals surface area contributed by atoms with E-state index in [0.29, 0.717) is 5.69 Å². The Hall–Kier alpha value is -2.74. The Morgan fingerprint density at radius 3 is 2.16 bits per heavy atom. The van der Waals surface area contributed by atoms with Crippen molar-refractivity contribution in [1.29, 1.82) is 0 Å². The number of anilines is 2. The molecule has 0 bridgehead atoms. The number of carbonyl (C=O) groups is 3. The molecule has 2 aromatic rings. The van der Waals surface area contributed by atoms with Gasteiger partial charge in [-0.05, 0) is 60.3 Å². The van der Waals surface area contributed by atoms with E-state index in [9.17, 15) is 23.2 Å². The maximum Gasteiger partial charge on any atom is 0.293 e. The van der Waals surface area contributed by atoms with E-state index >= 15 is 0 Å². The first-order chi connectivity index (χ1) is 11.9. The van der Waals surface area contributed by atoms with Gasteiger partial charge < -0.3 is 5.32 Å². The van der Waals surface area contributed by atoms with Crippen LogP contribution in [0, 0.1) is 11.6 Å². The zero-order valence-corrected chi connectivity index (χ0v) is 13.6. The van der Waals surface area contributed by atoms with E-state index < -0.39 is 33.9 Å². The molecule has 25 heavy (non-hydrogen) atoms. The number of amides is 3. The normalized spacial score (nSPS) is 17.0. The van der Waals surface area contributed by atoms with Gasteiger partial charge in [-0.2, -0.15) is 0 Å². The maximum atomic E-state index is 13.0. The summed E-state index contributed by atoms with van der Waals surface area (Å²) >= 11 is 0.745. The molecule has 2 aromatic carbocycles. The molecule has 3 amide bonds. The largest absolute Gasteiger partial charge is 0.326 e. The standard InChI is InChI=1S/C17H12F2N2O3S/c18-10-1-5-12(6-2-10)20-15(22)9-14-16(23)21(17(24)25-14)13-7-3-11(19)4-8-13/h1-8,14H,9H2,(H,20,22)/t14-/m1/s1. The van der Waals surface area contributed by atoms with Gasteiger partial charge >= 0.3 is 0 Å². The molecule has 8 heteroatoms. The summed E-state index contributed by atoms with van der Waals surface area (Å²) in [5.74, 6) is -1.91. The summed E-state index contributed by atoms with van der Waals surface area (Å²) in [5.41, 5.74) is 0.647. The molecule has 0 unspecified atom stereocenters. The molecule has 1 fully saturated rings. The van der Waals surface area contributed by atoms with Crippen LogP contribution in [-0.2, 0) is 9.59 Å². The third-order valence-corrected chi connectivity index (χ3v) is 4.54. The quantitative estimate of drug-likeness (QED) is 0.903. The number of nitrogens with zero attached hydrogens (tertiary/aromatic N) is 1. The van der Waals surface area contributed by atoms with Gasteiger partial charge in [0.25, 0.3) is 5.24 Å². The highest BCUT2D eigenvalue weighted by Crippen LogP contribution is 2.33. The van der Waals surface area contributed by atoms with Gasteiger partial charge in [0.2, 0.25) is 11.8 Å². The summed E-state index contributed by atoms with van der Waals surface area (Å²) in [4.78, 5) is 37.4. The molecule has 0 saturated carbocycles. The van der Waals surface area contributed by atoms with Crippen LogP contribution in [0.25, 0.3) is 0 Å². The van der Waals surface area contributed by atoms with Gasteiger partial charge in [0.1, 0.15) is 16.9 Å². The van der Waals surface area contributed by atoms with Crippen LogP contribution in [0.5, 0.6) is 0 Å². The van der Waals surface area contributed by atoms with Crippen molar-refractivity contribution in [2.45, 2.75) is 11.7 Å². The lowest BCUT2D eigenvalue weighted by atomic mass is 10.2. The molecule has 5 nitrogen and oxygen atoms in total. The van der Waals surface area contributed by atoms with Crippen molar-refractivity contribution >= 4 is 40.2 Å². The smallest absolute Gasteiger partial charge is 0.293 e. The number of rotatable bonds is 4. The molecule has 1 atom stereocenters. The predicted molar refractivity (Wildman–Crippen MR) is 90.3 cm³/mol. The second kappa shape index (κ2) is 7.02. The minimum absolute atomic E-state index is 0.204. The van der Waals surface area contributed by atoms with Crippen molar-refractivity contribution in [3.05, 3.63) is 60.2 Å². The van der Waals surface area contributed by atoms with Crippen LogP contribution in [0.1, 0.15) is 6.42 Å². The lowest BCUT2D eigenvalue weighted by Crippen LogP contribution is -2.32. The lowest BCUT2D eigenvalue weighted by molar-refractivity contribution is -0.121. The highest BCUT2D eigenvalue weighted by atomic mass is 32.2. The van der Waals surface area contributed by atoms with E-state index in [4.69, 9.17) is 0 Å². The topological polar surface area (TPSA) is 66.5 Å². The van der Waals surface area contributed by atoms with Gasteiger partial charge in [0, 0.05) is 12.1 Å². The first-order valence-electron chi connectivity index (χ1n) is 7.29. The third kappa shape index (κ3) is 3.85. The second-order valence-corrected chi connectivity index (χ2v) is 6.44. The third-order valence-electron chi connectivity index (χ3n) is 3.51. The first kappa shape index (κ1) is 17.1. The molecule has 0 spiro atoms. The molecule has 1 aliphatic heterocycles. The average Bonchev–Trinajstić information content (AvgIpc) is 2.84. The number of hydrogen-bond donors (Lipinski definition) is 1. The molecule has 1 saturated heterocycles. The zero-order chi connectivity index (χ0) is 18.0. The summed E-state index contributed by atoms with van der Waals surface area (Å²) in [6, 6.07) is 10.1. The molecule has 0 aliphatic carbocycles. The van der Waals surface area contributed by atoms with Gasteiger partial charge in [-0.3, -0.25) is 14.4 Å². The Kier molecular flexibility index (Phi) is 4.80. The zero-order valence-electron chi connectivity index (χ0n) is 12.7. The van der Waals surface area contributed by atoms with Crippen molar-refractivity contribution in [2.75, 3.05) is 10.2 Å². The van der Waals surface area contributed by atoms with E-state index in [1.807, 2.05) is 0 Å². The summed E-state index contributed by atoms with van der Waals surface area (Å²) < 4.78 is 25.8. The average molecular weight is 362 g/mol. The van der Waals surface area contributed by atoms with Crippen LogP contribution in [0.2, 0.25) is 0 Å². The van der Waals surface area contributed by atoms with Gasteiger partial charge in [0.15, 0.2) is 0 Å². The van der Waals surface area contributed by atoms with Crippen molar-refractivity contribution < 1.29 is 23.2 Å². The molecule has 0 radical (unpaired) electrons. The van der Waals surface area contributed by atoms with Gasteiger partial charge in [-0.25, -0.2) is 13.7 Å². The predicted octanol–water partition coefficient (Wildman–Crippen LogP) is 3.56. The van der Waals surface area contributed by atoms with Gasteiger partial charge in [-0.1, -0.05) is 0 Å². The molecule has 1 heterocycles. The van der Waals surface area contributed by atoms with Crippen LogP contribution >= 0.6 is 11.8 Å². The van der Waals surface area contributed by atoms with Crippen LogP contribution in [-0.4, -0.2) is 22.3 Å². The van der Waals surface area contributed by atoms with Crippen molar-refractivity contribution in [3.63, 3.8) is 0 Å². The number of thioether (sulfide) groups is 1. The van der Waals surface area contributed by atoms with Crippen molar-refractivity contribution in [2.24, 2.45) is 0 Å². The molecular formula is C17H12F2N2O3S. The fourth-order valence-electron chi connectivity index (χ4n) is 2.32. The van der Waals surface area contributed by atoms with Crippen LogP contribution in [0.3, 0.4) is 0 Å². The number of nitrogens with one attached hydrogen (secondary N) is 1. The minimum atomic E-state index is -0.863. The fourth-order valence-corrected chi connectivity index (χ4v) is 3.31. The molecule has 3 rings (SSSR count). The van der Waals surface area contributed by atoms with Crippen LogP contribution < -0.4 is 10.2 Å². The lowest BCUT2D eigenvalue weighted by Gasteiger charge is -2.13.